The molecule has 0 aromatic heterocycles. The van der Waals surface area contributed by atoms with Crippen molar-refractivity contribution in [2.75, 3.05) is 11.4 Å². The third-order valence-electron chi connectivity index (χ3n) is 5.57. The van der Waals surface area contributed by atoms with E-state index in [4.69, 9.17) is 5.73 Å². The SMILES string of the molecule is Cc1ccc(N(CCc2ccc(C(F)(F)F)c(F)c2F)C(=O)C(N)c2ccccc2)cc1C.Cl. The van der Waals surface area contributed by atoms with E-state index in [0.29, 0.717) is 17.3 Å². The van der Waals surface area contributed by atoms with Gasteiger partial charge in [0.15, 0.2) is 11.6 Å². The highest BCUT2D eigenvalue weighted by Crippen LogP contribution is 2.33. The Hall–Kier alpha value is -2.97. The summed E-state index contributed by atoms with van der Waals surface area (Å²) in [7, 11) is 0. The molecule has 0 heterocycles. The molecule has 34 heavy (non-hydrogen) atoms. The summed E-state index contributed by atoms with van der Waals surface area (Å²) in [4.78, 5) is 14.6. The average Bonchev–Trinajstić information content (AvgIpc) is 2.78. The molecule has 3 nitrogen and oxygen atoms in total. The van der Waals surface area contributed by atoms with Crippen molar-refractivity contribution >= 4 is 24.0 Å². The van der Waals surface area contributed by atoms with Crippen LogP contribution in [0.15, 0.2) is 60.7 Å². The Labute approximate surface area is 200 Å². The number of rotatable bonds is 6. The highest BCUT2D eigenvalue weighted by Gasteiger charge is 2.36. The third-order valence-corrected chi connectivity index (χ3v) is 5.57. The molecule has 3 aromatic rings. The maximum absolute atomic E-state index is 14.4. The summed E-state index contributed by atoms with van der Waals surface area (Å²) >= 11 is 0. The topological polar surface area (TPSA) is 46.3 Å². The molecule has 0 aliphatic rings. The summed E-state index contributed by atoms with van der Waals surface area (Å²) < 4.78 is 66.9. The molecular weight excluding hydrogens is 475 g/mol. The first-order chi connectivity index (χ1) is 15.5. The number of halogens is 6. The predicted molar refractivity (Wildman–Crippen MR) is 124 cm³/mol. The number of alkyl halides is 3. The van der Waals surface area contributed by atoms with Gasteiger partial charge in [-0.25, -0.2) is 8.78 Å². The van der Waals surface area contributed by atoms with Crippen LogP contribution in [0.2, 0.25) is 0 Å². The zero-order valence-corrected chi connectivity index (χ0v) is 19.3. The van der Waals surface area contributed by atoms with Gasteiger partial charge in [0.05, 0.1) is 5.56 Å². The molecule has 1 amide bonds. The monoisotopic (exact) mass is 498 g/mol. The van der Waals surface area contributed by atoms with Gasteiger partial charge in [-0.2, -0.15) is 13.2 Å². The van der Waals surface area contributed by atoms with E-state index in [1.807, 2.05) is 19.9 Å². The maximum Gasteiger partial charge on any atom is 0.419 e. The number of nitrogens with zero attached hydrogens (tertiary/aromatic N) is 1. The Bertz CT molecular complexity index is 1150. The average molecular weight is 499 g/mol. The van der Waals surface area contributed by atoms with Crippen molar-refractivity contribution in [3.63, 3.8) is 0 Å². The summed E-state index contributed by atoms with van der Waals surface area (Å²) in [6, 6.07) is 14.3. The summed E-state index contributed by atoms with van der Waals surface area (Å²) in [6.45, 7) is 3.66. The molecule has 0 saturated carbocycles. The van der Waals surface area contributed by atoms with Gasteiger partial charge >= 0.3 is 6.18 Å². The lowest BCUT2D eigenvalue weighted by molar-refractivity contribution is -0.140. The van der Waals surface area contributed by atoms with Gasteiger partial charge in [-0.15, -0.1) is 12.4 Å². The molecule has 1 atom stereocenters. The van der Waals surface area contributed by atoms with E-state index in [1.54, 1.807) is 42.5 Å². The molecular formula is C25H24ClF5N2O. The normalized spacial score (nSPS) is 12.1. The fourth-order valence-corrected chi connectivity index (χ4v) is 3.46. The van der Waals surface area contributed by atoms with Crippen LogP contribution in [0.3, 0.4) is 0 Å². The molecule has 3 aromatic carbocycles. The van der Waals surface area contributed by atoms with Gasteiger partial charge in [-0.1, -0.05) is 42.5 Å². The molecule has 0 fully saturated rings. The van der Waals surface area contributed by atoms with Gasteiger partial charge in [0.25, 0.3) is 0 Å². The minimum atomic E-state index is -5.01. The standard InChI is InChI=1S/C25H23F5N2O.ClH/c1-15-8-10-19(14-16(15)2)32(24(33)23(31)18-6-4-3-5-7-18)13-12-17-9-11-20(25(28,29)30)22(27)21(17)26;/h3-11,14,23H,12-13,31H2,1-2H3;1H. The van der Waals surface area contributed by atoms with Crippen LogP contribution in [0.1, 0.15) is 33.9 Å². The zero-order chi connectivity index (χ0) is 24.3. The Balaban J connectivity index is 0.00000408. The summed E-state index contributed by atoms with van der Waals surface area (Å²) in [5.41, 5.74) is 7.22. The first-order valence-electron chi connectivity index (χ1n) is 10.2. The molecule has 0 bridgehead atoms. The summed E-state index contributed by atoms with van der Waals surface area (Å²) in [5.74, 6) is -4.01. The fraction of sp³-hybridized carbons (Fsp3) is 0.240. The molecule has 9 heteroatoms. The minimum Gasteiger partial charge on any atom is -0.316 e. The van der Waals surface area contributed by atoms with Gasteiger partial charge in [0.1, 0.15) is 6.04 Å². The Morgan fingerprint density at radius 1 is 0.941 bits per heavy atom. The number of benzene rings is 3. The van der Waals surface area contributed by atoms with E-state index in [2.05, 4.69) is 0 Å². The van der Waals surface area contributed by atoms with Gasteiger partial charge in [-0.05, 0) is 60.7 Å². The number of hydrogen-bond acceptors (Lipinski definition) is 2. The number of carbonyl (C=O) groups is 1. The Kier molecular flexibility index (Phi) is 8.80. The lowest BCUT2D eigenvalue weighted by atomic mass is 10.0. The molecule has 0 saturated heterocycles. The second kappa shape index (κ2) is 11.0. The molecule has 0 spiro atoms. The van der Waals surface area contributed by atoms with Crippen molar-refractivity contribution < 1.29 is 26.7 Å². The van der Waals surface area contributed by atoms with E-state index in [0.717, 1.165) is 17.2 Å². The van der Waals surface area contributed by atoms with Gasteiger partial charge in [0, 0.05) is 12.2 Å². The van der Waals surface area contributed by atoms with Crippen LogP contribution >= 0.6 is 12.4 Å². The second-order valence-electron chi connectivity index (χ2n) is 7.79. The summed E-state index contributed by atoms with van der Waals surface area (Å²) in [5, 5.41) is 0. The molecule has 0 aliphatic carbocycles. The molecule has 182 valence electrons. The Morgan fingerprint density at radius 2 is 1.59 bits per heavy atom. The molecule has 3 rings (SSSR count). The van der Waals surface area contributed by atoms with Crippen molar-refractivity contribution in [1.82, 2.24) is 0 Å². The fourth-order valence-electron chi connectivity index (χ4n) is 3.46. The second-order valence-corrected chi connectivity index (χ2v) is 7.79. The number of nitrogens with two attached hydrogens (primary N) is 1. The van der Waals surface area contributed by atoms with Gasteiger partial charge < -0.3 is 10.6 Å². The Morgan fingerprint density at radius 3 is 2.18 bits per heavy atom. The number of anilines is 1. The van der Waals surface area contributed by atoms with Crippen molar-refractivity contribution in [2.45, 2.75) is 32.5 Å². The minimum absolute atomic E-state index is 0. The highest BCUT2D eigenvalue weighted by atomic mass is 35.5. The lowest BCUT2D eigenvalue weighted by Gasteiger charge is -2.27. The predicted octanol–water partition coefficient (Wildman–Crippen LogP) is 6.30. The lowest BCUT2D eigenvalue weighted by Crippen LogP contribution is -2.40. The van der Waals surface area contributed by atoms with Crippen LogP contribution in [0, 0.1) is 25.5 Å². The maximum atomic E-state index is 14.4. The van der Waals surface area contributed by atoms with E-state index in [1.165, 1.54) is 4.90 Å². The smallest absolute Gasteiger partial charge is 0.316 e. The molecule has 2 N–H and O–H groups in total. The van der Waals surface area contributed by atoms with Crippen molar-refractivity contribution in [3.8, 4) is 0 Å². The van der Waals surface area contributed by atoms with E-state index in [-0.39, 0.29) is 30.9 Å². The zero-order valence-electron chi connectivity index (χ0n) is 18.5. The molecule has 1 unspecified atom stereocenters. The number of amides is 1. The third kappa shape index (κ3) is 5.93. The van der Waals surface area contributed by atoms with Crippen molar-refractivity contribution in [3.05, 3.63) is 100 Å². The van der Waals surface area contributed by atoms with E-state index < -0.39 is 35.3 Å². The highest BCUT2D eigenvalue weighted by molar-refractivity contribution is 5.97. The first-order valence-corrected chi connectivity index (χ1v) is 10.2. The number of aryl methyl sites for hydroxylation is 2. The van der Waals surface area contributed by atoms with Crippen LogP contribution in [0.5, 0.6) is 0 Å². The van der Waals surface area contributed by atoms with E-state index in [9.17, 15) is 26.7 Å². The van der Waals surface area contributed by atoms with Crippen molar-refractivity contribution in [2.24, 2.45) is 5.73 Å². The van der Waals surface area contributed by atoms with Crippen LogP contribution in [-0.2, 0) is 17.4 Å². The quantitative estimate of drug-likeness (QED) is 0.405. The van der Waals surface area contributed by atoms with Crippen LogP contribution in [0.4, 0.5) is 27.6 Å². The van der Waals surface area contributed by atoms with Gasteiger partial charge in [0.2, 0.25) is 5.91 Å². The van der Waals surface area contributed by atoms with Crippen LogP contribution in [-0.4, -0.2) is 12.5 Å². The largest absolute Gasteiger partial charge is 0.419 e. The molecule has 0 radical (unpaired) electrons. The van der Waals surface area contributed by atoms with Crippen LogP contribution in [0.25, 0.3) is 0 Å². The number of carbonyl (C=O) groups excluding carboxylic acids is 1. The van der Waals surface area contributed by atoms with Crippen molar-refractivity contribution in [1.29, 1.82) is 0 Å². The molecule has 0 aliphatic heterocycles. The van der Waals surface area contributed by atoms with Crippen LogP contribution < -0.4 is 10.6 Å². The number of hydrogen-bond donors (Lipinski definition) is 1. The summed E-state index contributed by atoms with van der Waals surface area (Å²) in [6.07, 6.45) is -5.21. The van der Waals surface area contributed by atoms with Gasteiger partial charge in [-0.3, -0.25) is 4.79 Å². The first kappa shape index (κ1) is 27.3. The van der Waals surface area contributed by atoms with E-state index >= 15 is 0 Å².